The smallest absolute Gasteiger partial charge is 0.236 e. The monoisotopic (exact) mass is 329 g/mol. The molecular formula is C18H23N3OS. The van der Waals surface area contributed by atoms with Gasteiger partial charge in [0.05, 0.1) is 13.1 Å². The summed E-state index contributed by atoms with van der Waals surface area (Å²) < 4.78 is 0. The van der Waals surface area contributed by atoms with Gasteiger partial charge in [0.15, 0.2) is 0 Å². The van der Waals surface area contributed by atoms with Gasteiger partial charge < -0.3 is 9.80 Å². The maximum absolute atomic E-state index is 12.4. The van der Waals surface area contributed by atoms with Gasteiger partial charge >= 0.3 is 0 Å². The highest BCUT2D eigenvalue weighted by atomic mass is 32.1. The minimum Gasteiger partial charge on any atom is -0.369 e. The Morgan fingerprint density at radius 2 is 1.83 bits per heavy atom. The Morgan fingerprint density at radius 1 is 1.09 bits per heavy atom. The molecule has 5 heteroatoms. The molecule has 122 valence electrons. The summed E-state index contributed by atoms with van der Waals surface area (Å²) in [5.74, 6) is 0.201. The van der Waals surface area contributed by atoms with E-state index in [1.165, 1.54) is 10.6 Å². The topological polar surface area (TPSA) is 26.8 Å². The van der Waals surface area contributed by atoms with Crippen LogP contribution >= 0.6 is 11.3 Å². The van der Waals surface area contributed by atoms with Crippen molar-refractivity contribution in [2.24, 2.45) is 0 Å². The first-order valence-corrected chi connectivity index (χ1v) is 8.89. The second-order valence-corrected chi connectivity index (χ2v) is 6.96. The predicted octanol–water partition coefficient (Wildman–Crippen LogP) is 2.53. The lowest BCUT2D eigenvalue weighted by Crippen LogP contribution is -2.49. The molecule has 1 fully saturated rings. The number of anilines is 1. The third kappa shape index (κ3) is 4.33. The van der Waals surface area contributed by atoms with Gasteiger partial charge in [-0.15, -0.1) is 11.3 Å². The minimum atomic E-state index is 0.201. The van der Waals surface area contributed by atoms with Crippen molar-refractivity contribution in [3.05, 3.63) is 52.7 Å². The number of rotatable bonds is 5. The van der Waals surface area contributed by atoms with Crippen LogP contribution in [0.3, 0.4) is 0 Å². The number of hydrogen-bond donors (Lipinski definition) is 0. The van der Waals surface area contributed by atoms with Crippen LogP contribution in [0.1, 0.15) is 4.88 Å². The molecule has 1 aromatic carbocycles. The van der Waals surface area contributed by atoms with Gasteiger partial charge in [-0.2, -0.15) is 0 Å². The number of nitrogens with zero attached hydrogens (tertiary/aromatic N) is 3. The molecule has 3 rings (SSSR count). The molecule has 1 aromatic heterocycles. The summed E-state index contributed by atoms with van der Waals surface area (Å²) in [6.07, 6.45) is 0. The van der Waals surface area contributed by atoms with Gasteiger partial charge in [-0.1, -0.05) is 24.3 Å². The van der Waals surface area contributed by atoms with E-state index in [1.807, 2.05) is 24.1 Å². The third-order valence-corrected chi connectivity index (χ3v) is 5.11. The number of amides is 1. The molecule has 1 aliphatic heterocycles. The van der Waals surface area contributed by atoms with Gasteiger partial charge in [0.25, 0.3) is 0 Å². The summed E-state index contributed by atoms with van der Waals surface area (Å²) in [6.45, 7) is 5.06. The van der Waals surface area contributed by atoms with Gasteiger partial charge in [0.1, 0.15) is 0 Å². The predicted molar refractivity (Wildman–Crippen MR) is 95.9 cm³/mol. The first kappa shape index (κ1) is 16.0. The second kappa shape index (κ2) is 7.62. The van der Waals surface area contributed by atoms with Crippen LogP contribution in [0.25, 0.3) is 0 Å². The summed E-state index contributed by atoms with van der Waals surface area (Å²) >= 11 is 1.70. The molecule has 2 heterocycles. The van der Waals surface area contributed by atoms with Crippen molar-refractivity contribution < 1.29 is 4.79 Å². The molecular weight excluding hydrogens is 306 g/mol. The Kier molecular flexibility index (Phi) is 5.31. The highest BCUT2D eigenvalue weighted by molar-refractivity contribution is 7.09. The van der Waals surface area contributed by atoms with Crippen molar-refractivity contribution in [2.45, 2.75) is 6.54 Å². The van der Waals surface area contributed by atoms with Crippen LogP contribution in [0, 0.1) is 0 Å². The van der Waals surface area contributed by atoms with Crippen LogP contribution in [0.2, 0.25) is 0 Å². The van der Waals surface area contributed by atoms with E-state index in [-0.39, 0.29) is 5.91 Å². The summed E-state index contributed by atoms with van der Waals surface area (Å²) in [5, 5.41) is 2.05. The zero-order valence-electron chi connectivity index (χ0n) is 13.5. The minimum absolute atomic E-state index is 0.201. The zero-order chi connectivity index (χ0) is 16.1. The number of benzene rings is 1. The average Bonchev–Trinajstić information content (AvgIpc) is 3.09. The molecule has 0 radical (unpaired) electrons. The summed E-state index contributed by atoms with van der Waals surface area (Å²) in [5.41, 5.74) is 1.27. The fraction of sp³-hybridized carbons (Fsp3) is 0.389. The summed E-state index contributed by atoms with van der Waals surface area (Å²) in [4.78, 5) is 20.1. The van der Waals surface area contributed by atoms with E-state index in [2.05, 4.69) is 45.5 Å². The van der Waals surface area contributed by atoms with Crippen LogP contribution in [0.15, 0.2) is 47.8 Å². The highest BCUT2D eigenvalue weighted by Gasteiger charge is 2.20. The van der Waals surface area contributed by atoms with Gasteiger partial charge in [0.2, 0.25) is 5.91 Å². The van der Waals surface area contributed by atoms with Crippen LogP contribution in [0.5, 0.6) is 0 Å². The van der Waals surface area contributed by atoms with E-state index >= 15 is 0 Å². The molecule has 4 nitrogen and oxygen atoms in total. The summed E-state index contributed by atoms with van der Waals surface area (Å²) in [6, 6.07) is 14.6. The molecule has 1 saturated heterocycles. The third-order valence-electron chi connectivity index (χ3n) is 4.25. The number of thiophene rings is 1. The molecule has 0 bridgehead atoms. The van der Waals surface area contributed by atoms with Gasteiger partial charge in [0, 0.05) is 43.8 Å². The van der Waals surface area contributed by atoms with Crippen molar-refractivity contribution in [3.8, 4) is 0 Å². The van der Waals surface area contributed by atoms with Crippen molar-refractivity contribution in [3.63, 3.8) is 0 Å². The molecule has 1 amide bonds. The maximum atomic E-state index is 12.4. The highest BCUT2D eigenvalue weighted by Crippen LogP contribution is 2.16. The van der Waals surface area contributed by atoms with Crippen molar-refractivity contribution in [1.29, 1.82) is 0 Å². The Hall–Kier alpha value is -1.85. The van der Waals surface area contributed by atoms with Gasteiger partial charge in [-0.25, -0.2) is 0 Å². The Bertz CT molecular complexity index is 606. The van der Waals surface area contributed by atoms with Crippen molar-refractivity contribution >= 4 is 22.9 Å². The summed E-state index contributed by atoms with van der Waals surface area (Å²) in [7, 11) is 1.89. The molecule has 0 unspecified atom stereocenters. The van der Waals surface area contributed by atoms with Crippen molar-refractivity contribution in [2.75, 3.05) is 44.7 Å². The van der Waals surface area contributed by atoms with Gasteiger partial charge in [-0.05, 0) is 23.6 Å². The number of carbonyl (C=O) groups is 1. The number of para-hydroxylation sites is 1. The molecule has 23 heavy (non-hydrogen) atoms. The average molecular weight is 329 g/mol. The molecule has 0 spiro atoms. The first-order chi connectivity index (χ1) is 11.2. The fourth-order valence-electron chi connectivity index (χ4n) is 2.84. The molecule has 0 aliphatic carbocycles. The zero-order valence-corrected chi connectivity index (χ0v) is 14.3. The van der Waals surface area contributed by atoms with Crippen LogP contribution in [-0.2, 0) is 11.3 Å². The van der Waals surface area contributed by atoms with E-state index in [9.17, 15) is 4.79 Å². The second-order valence-electron chi connectivity index (χ2n) is 5.93. The molecule has 1 aliphatic rings. The SMILES string of the molecule is CN(Cc1cccs1)C(=O)CN1CCN(c2ccccc2)CC1. The van der Waals surface area contributed by atoms with Crippen molar-refractivity contribution in [1.82, 2.24) is 9.80 Å². The lowest BCUT2D eigenvalue weighted by molar-refractivity contribution is -0.131. The van der Waals surface area contributed by atoms with E-state index in [4.69, 9.17) is 0 Å². The number of likely N-dealkylation sites (N-methyl/N-ethyl adjacent to an activating group) is 1. The number of piperazine rings is 1. The number of carbonyl (C=O) groups excluding carboxylic acids is 1. The van der Waals surface area contributed by atoms with Crippen LogP contribution in [-0.4, -0.2) is 55.5 Å². The quantitative estimate of drug-likeness (QED) is 0.843. The van der Waals surface area contributed by atoms with E-state index in [0.29, 0.717) is 13.1 Å². The Balaban J connectivity index is 1.46. The van der Waals surface area contributed by atoms with Crippen LogP contribution in [0.4, 0.5) is 5.69 Å². The first-order valence-electron chi connectivity index (χ1n) is 8.01. The van der Waals surface area contributed by atoms with E-state index in [1.54, 1.807) is 11.3 Å². The molecule has 0 N–H and O–H groups in total. The van der Waals surface area contributed by atoms with Gasteiger partial charge in [-0.3, -0.25) is 9.69 Å². The lowest BCUT2D eigenvalue weighted by Gasteiger charge is -2.36. The standard InChI is InChI=1S/C18H23N3OS/c1-19(14-17-8-5-13-23-17)18(22)15-20-9-11-21(12-10-20)16-6-3-2-4-7-16/h2-8,13H,9-12,14-15H2,1H3. The largest absolute Gasteiger partial charge is 0.369 e. The molecule has 0 atom stereocenters. The lowest BCUT2D eigenvalue weighted by atomic mass is 10.2. The normalized spacial score (nSPS) is 15.6. The van der Waals surface area contributed by atoms with E-state index < -0.39 is 0 Å². The Morgan fingerprint density at radius 3 is 2.48 bits per heavy atom. The fourth-order valence-corrected chi connectivity index (χ4v) is 3.60. The molecule has 2 aromatic rings. The number of hydrogen-bond acceptors (Lipinski definition) is 4. The van der Waals surface area contributed by atoms with E-state index in [0.717, 1.165) is 26.2 Å². The maximum Gasteiger partial charge on any atom is 0.236 e. The Labute approximate surface area is 141 Å². The van der Waals surface area contributed by atoms with Crippen LogP contribution < -0.4 is 4.90 Å². The molecule has 0 saturated carbocycles.